The van der Waals surface area contributed by atoms with Crippen LogP contribution in [-0.4, -0.2) is 23.8 Å². The zero-order valence-corrected chi connectivity index (χ0v) is 19.8. The first-order valence-electron chi connectivity index (χ1n) is 9.96. The lowest BCUT2D eigenvalue weighted by Crippen LogP contribution is -2.53. The molecule has 3 aromatic rings. The van der Waals surface area contributed by atoms with E-state index in [0.29, 0.717) is 0 Å². The zero-order chi connectivity index (χ0) is 22.3. The normalized spacial score (nSPS) is 19.5. The molecule has 0 radical (unpaired) electrons. The first-order chi connectivity index (χ1) is 15.5. The highest BCUT2D eigenvalue weighted by molar-refractivity contribution is 9.10. The van der Waals surface area contributed by atoms with Gasteiger partial charge in [0, 0.05) is 15.6 Å². The van der Waals surface area contributed by atoms with Crippen LogP contribution in [0.15, 0.2) is 93.5 Å². The Balaban J connectivity index is 1.80. The summed E-state index contributed by atoms with van der Waals surface area (Å²) in [4.78, 5) is 11.7. The molecular weight excluding hydrogens is 488 g/mol. The summed E-state index contributed by atoms with van der Waals surface area (Å²) in [6.45, 7) is 1.99. The second-order valence-electron chi connectivity index (χ2n) is 7.27. The first kappa shape index (κ1) is 20.8. The molecule has 160 valence electrons. The van der Waals surface area contributed by atoms with E-state index in [2.05, 4.69) is 28.1 Å². The van der Waals surface area contributed by atoms with Crippen molar-refractivity contribution < 1.29 is 9.53 Å². The first-order valence-corrected chi connectivity index (χ1v) is 11.6. The van der Waals surface area contributed by atoms with Crippen LogP contribution in [0, 0.1) is 0 Å². The van der Waals surface area contributed by atoms with Crippen LogP contribution in [0.25, 0.3) is 0 Å². The summed E-state index contributed by atoms with van der Waals surface area (Å²) in [6, 6.07) is 25.9. The van der Waals surface area contributed by atoms with Gasteiger partial charge in [0.25, 0.3) is 0 Å². The number of ether oxygens (including phenoxy) is 1. The average Bonchev–Trinajstić information content (AvgIpc) is 3.23. The van der Waals surface area contributed by atoms with Crippen molar-refractivity contribution in [2.75, 3.05) is 17.1 Å². The van der Waals surface area contributed by atoms with Gasteiger partial charge in [0.05, 0.1) is 24.2 Å². The van der Waals surface area contributed by atoms with Gasteiger partial charge in [-0.2, -0.15) is 10.2 Å². The highest BCUT2D eigenvalue weighted by Crippen LogP contribution is 2.54. The smallest absolute Gasteiger partial charge is 0.365 e. The van der Waals surface area contributed by atoms with Crippen LogP contribution in [0.5, 0.6) is 0 Å². The van der Waals surface area contributed by atoms with E-state index in [1.807, 2.05) is 83.7 Å². The van der Waals surface area contributed by atoms with E-state index in [0.717, 1.165) is 32.7 Å². The Morgan fingerprint density at radius 3 is 2.25 bits per heavy atom. The van der Waals surface area contributed by atoms with Crippen molar-refractivity contribution in [1.29, 1.82) is 0 Å². The van der Waals surface area contributed by atoms with Gasteiger partial charge < -0.3 is 4.74 Å². The van der Waals surface area contributed by atoms with Crippen LogP contribution in [0.1, 0.15) is 18.1 Å². The van der Waals surface area contributed by atoms with E-state index < -0.39 is 11.0 Å². The maximum Gasteiger partial charge on any atom is 0.365 e. The summed E-state index contributed by atoms with van der Waals surface area (Å²) in [7, 11) is 1.37. The maximum atomic E-state index is 12.6. The van der Waals surface area contributed by atoms with Crippen molar-refractivity contribution in [3.63, 3.8) is 0 Å². The number of nitrogens with zero attached hydrogens (tertiary/aromatic N) is 4. The number of hydrazone groups is 2. The molecule has 8 heteroatoms. The molecule has 2 aliphatic rings. The summed E-state index contributed by atoms with van der Waals surface area (Å²) in [5.41, 5.74) is 4.60. The van der Waals surface area contributed by atoms with E-state index in [9.17, 15) is 4.79 Å². The Labute approximate surface area is 198 Å². The van der Waals surface area contributed by atoms with Gasteiger partial charge in [-0.3, -0.25) is 0 Å². The number of carbonyl (C=O) groups excluding carboxylic acids is 1. The number of benzene rings is 3. The lowest BCUT2D eigenvalue weighted by Gasteiger charge is -2.46. The molecule has 32 heavy (non-hydrogen) atoms. The predicted octanol–water partition coefficient (Wildman–Crippen LogP) is 5.54. The monoisotopic (exact) mass is 506 g/mol. The van der Waals surface area contributed by atoms with Gasteiger partial charge in [-0.15, -0.1) is 0 Å². The molecule has 0 N–H and O–H groups in total. The number of methoxy groups -OCH3 is 1. The number of hydrogen-bond donors (Lipinski definition) is 0. The molecule has 0 saturated carbocycles. The van der Waals surface area contributed by atoms with Crippen molar-refractivity contribution in [1.82, 2.24) is 0 Å². The topological polar surface area (TPSA) is 57.5 Å². The summed E-state index contributed by atoms with van der Waals surface area (Å²) in [6.07, 6.45) is 0. The number of esters is 1. The Kier molecular flexibility index (Phi) is 5.27. The van der Waals surface area contributed by atoms with Gasteiger partial charge >= 0.3 is 5.97 Å². The van der Waals surface area contributed by atoms with Crippen molar-refractivity contribution in [2.24, 2.45) is 10.2 Å². The fraction of sp³-hybridized carbons (Fsp3) is 0.125. The molecule has 0 unspecified atom stereocenters. The number of rotatable bonds is 3. The molecular formula is C24H19BrN4O2S. The van der Waals surface area contributed by atoms with Crippen LogP contribution in [0.2, 0.25) is 0 Å². The Morgan fingerprint density at radius 1 is 0.906 bits per heavy atom. The van der Waals surface area contributed by atoms with Crippen molar-refractivity contribution in [3.8, 4) is 0 Å². The second-order valence-corrected chi connectivity index (χ2v) is 9.35. The number of fused-ring (bicyclic) bond motifs is 2. The summed E-state index contributed by atoms with van der Waals surface area (Å²) >= 11 is 4.83. The standard InChI is InChI=1S/C24H19BrN4O2S/c1-16-20-10-6-7-11-21(20)24(28(26-16)18-8-4-3-5-9-18)29(19-14-12-17(25)13-15-19)27-22(32-24)23(30)31-2/h3-15H,1-2H3/t24-/m1/s1. The fourth-order valence-corrected chi connectivity index (χ4v) is 5.49. The largest absolute Gasteiger partial charge is 0.464 e. The number of anilines is 2. The van der Waals surface area contributed by atoms with Gasteiger partial charge in [-0.25, -0.2) is 14.8 Å². The van der Waals surface area contributed by atoms with E-state index >= 15 is 0 Å². The molecule has 0 amide bonds. The fourth-order valence-electron chi connectivity index (χ4n) is 3.91. The van der Waals surface area contributed by atoms with Crippen molar-refractivity contribution in [3.05, 3.63) is 94.5 Å². The van der Waals surface area contributed by atoms with E-state index in [-0.39, 0.29) is 5.04 Å². The van der Waals surface area contributed by atoms with E-state index in [4.69, 9.17) is 14.9 Å². The molecule has 1 atom stereocenters. The molecule has 1 spiro atoms. The Bertz CT molecular complexity index is 1250. The van der Waals surface area contributed by atoms with E-state index in [1.165, 1.54) is 18.9 Å². The highest BCUT2D eigenvalue weighted by Gasteiger charge is 2.56. The minimum absolute atomic E-state index is 0.265. The summed E-state index contributed by atoms with van der Waals surface area (Å²) in [5.74, 6) is -0.481. The SMILES string of the molecule is COC(=O)C1=NN(c2ccc(Br)cc2)[C@@]2(S1)c1ccccc1C(C)=NN2c1ccccc1. The molecule has 0 bridgehead atoms. The lowest BCUT2D eigenvalue weighted by molar-refractivity contribution is -0.132. The Morgan fingerprint density at radius 2 is 1.53 bits per heavy atom. The molecule has 0 aliphatic carbocycles. The quantitative estimate of drug-likeness (QED) is 0.436. The summed E-state index contributed by atoms with van der Waals surface area (Å²) < 4.78 is 6.00. The second kappa shape index (κ2) is 8.11. The van der Waals surface area contributed by atoms with Crippen LogP contribution < -0.4 is 10.0 Å². The minimum atomic E-state index is -0.950. The third-order valence-electron chi connectivity index (χ3n) is 5.35. The van der Waals surface area contributed by atoms with E-state index in [1.54, 1.807) is 0 Å². The molecule has 2 aliphatic heterocycles. The number of para-hydroxylation sites is 1. The van der Waals surface area contributed by atoms with Gasteiger partial charge in [0.2, 0.25) is 10.0 Å². The Hall–Kier alpha value is -3.10. The maximum absolute atomic E-state index is 12.6. The van der Waals surface area contributed by atoms with Crippen LogP contribution in [0.4, 0.5) is 11.4 Å². The highest BCUT2D eigenvalue weighted by atomic mass is 79.9. The average molecular weight is 507 g/mol. The molecule has 0 saturated heterocycles. The molecule has 0 aromatic heterocycles. The third-order valence-corrected chi connectivity index (χ3v) is 7.17. The molecule has 6 nitrogen and oxygen atoms in total. The number of carbonyl (C=O) groups is 1. The van der Waals surface area contributed by atoms with Crippen LogP contribution in [0.3, 0.4) is 0 Å². The number of halogens is 1. The van der Waals surface area contributed by atoms with Gasteiger partial charge in [-0.1, -0.05) is 58.4 Å². The van der Waals surface area contributed by atoms with Gasteiger partial charge in [-0.05, 0) is 55.1 Å². The molecule has 3 aromatic carbocycles. The minimum Gasteiger partial charge on any atom is -0.464 e. The summed E-state index contributed by atoms with van der Waals surface area (Å²) in [5, 5.41) is 13.8. The molecule has 2 heterocycles. The van der Waals surface area contributed by atoms with Gasteiger partial charge in [0.15, 0.2) is 0 Å². The van der Waals surface area contributed by atoms with Crippen LogP contribution >= 0.6 is 27.7 Å². The predicted molar refractivity (Wildman–Crippen MR) is 133 cm³/mol. The van der Waals surface area contributed by atoms with Crippen molar-refractivity contribution >= 4 is 55.8 Å². The third kappa shape index (κ3) is 3.22. The van der Waals surface area contributed by atoms with Gasteiger partial charge in [0.1, 0.15) is 0 Å². The molecule has 0 fully saturated rings. The lowest BCUT2D eigenvalue weighted by atomic mass is 9.98. The van der Waals surface area contributed by atoms with Crippen LogP contribution in [-0.2, 0) is 14.5 Å². The zero-order valence-electron chi connectivity index (χ0n) is 17.4. The van der Waals surface area contributed by atoms with Crippen molar-refractivity contribution in [2.45, 2.75) is 11.9 Å². The number of thioether (sulfide) groups is 1. The molecule has 5 rings (SSSR count). The number of hydrogen-bond acceptors (Lipinski definition) is 7.